The third kappa shape index (κ3) is 3.70. The number of halogens is 3. The van der Waals surface area contributed by atoms with Crippen LogP contribution >= 0.6 is 11.8 Å². The second-order valence-corrected chi connectivity index (χ2v) is 5.67. The molecule has 124 valence electrons. The Morgan fingerprint density at radius 2 is 2.00 bits per heavy atom. The summed E-state index contributed by atoms with van der Waals surface area (Å²) in [6.07, 6.45) is 1.31. The van der Waals surface area contributed by atoms with Crippen molar-refractivity contribution in [3.8, 4) is 0 Å². The molecule has 0 N–H and O–H groups in total. The van der Waals surface area contributed by atoms with Gasteiger partial charge in [0.15, 0.2) is 5.70 Å². The first kappa shape index (κ1) is 16.4. The Labute approximate surface area is 139 Å². The Bertz CT molecular complexity index is 829. The number of aliphatic imine (C=N–C) groups is 1. The van der Waals surface area contributed by atoms with E-state index in [-0.39, 0.29) is 28.7 Å². The van der Waals surface area contributed by atoms with Gasteiger partial charge in [0.05, 0.1) is 11.3 Å². The van der Waals surface area contributed by atoms with Crippen molar-refractivity contribution < 1.29 is 27.1 Å². The van der Waals surface area contributed by atoms with Gasteiger partial charge in [0.1, 0.15) is 17.3 Å². The topological polar surface area (TPSA) is 51.8 Å². The third-order valence-electron chi connectivity index (χ3n) is 3.04. The van der Waals surface area contributed by atoms with E-state index in [1.807, 2.05) is 0 Å². The molecule has 24 heavy (non-hydrogen) atoms. The molecule has 2 aromatic rings. The molecule has 0 saturated carbocycles. The maximum Gasteiger partial charge on any atom is 0.363 e. The van der Waals surface area contributed by atoms with E-state index in [0.29, 0.717) is 17.5 Å². The Balaban J connectivity index is 1.80. The number of ether oxygens (including phenoxy) is 1. The summed E-state index contributed by atoms with van der Waals surface area (Å²) in [4.78, 5) is 15.8. The number of carbonyl (C=O) groups is 1. The Morgan fingerprint density at radius 3 is 2.75 bits per heavy atom. The first-order valence-electron chi connectivity index (χ1n) is 6.79. The van der Waals surface area contributed by atoms with Gasteiger partial charge >= 0.3 is 5.97 Å². The summed E-state index contributed by atoms with van der Waals surface area (Å²) in [6.45, 7) is 0. The lowest BCUT2D eigenvalue weighted by Gasteiger charge is -1.99. The van der Waals surface area contributed by atoms with Gasteiger partial charge in [-0.05, 0) is 24.3 Å². The lowest BCUT2D eigenvalue weighted by Crippen LogP contribution is -2.07. The quantitative estimate of drug-likeness (QED) is 0.597. The molecular weight excluding hydrogens is 343 g/mol. The number of cyclic esters (lactones) is 1. The van der Waals surface area contributed by atoms with Crippen molar-refractivity contribution in [1.82, 2.24) is 0 Å². The average Bonchev–Trinajstić information content (AvgIpc) is 3.13. The molecule has 2 heterocycles. The monoisotopic (exact) mass is 353 g/mol. The van der Waals surface area contributed by atoms with Crippen molar-refractivity contribution in [1.29, 1.82) is 0 Å². The fourth-order valence-electron chi connectivity index (χ4n) is 1.99. The van der Waals surface area contributed by atoms with Gasteiger partial charge in [-0.15, -0.1) is 0 Å². The number of esters is 1. The van der Waals surface area contributed by atoms with Gasteiger partial charge in [0, 0.05) is 6.08 Å². The van der Waals surface area contributed by atoms with Gasteiger partial charge in [-0.3, -0.25) is 0 Å². The standard InChI is InChI=1S/C16H10F3NO3S/c17-12-4-2-1-3-11(12)14-20-13(15(21)23-14)7-9-5-6-10(22-9)8-24-16(18)19/h1-7,16H,8H2/b13-7-. The van der Waals surface area contributed by atoms with Gasteiger partial charge < -0.3 is 9.15 Å². The smallest absolute Gasteiger partial charge is 0.363 e. The lowest BCUT2D eigenvalue weighted by atomic mass is 10.2. The number of thioether (sulfide) groups is 1. The molecule has 1 aliphatic heterocycles. The first-order chi connectivity index (χ1) is 11.5. The molecule has 0 fully saturated rings. The van der Waals surface area contributed by atoms with E-state index in [1.165, 1.54) is 36.4 Å². The maximum absolute atomic E-state index is 13.7. The van der Waals surface area contributed by atoms with Crippen LogP contribution < -0.4 is 0 Å². The Hall–Kier alpha value is -2.48. The van der Waals surface area contributed by atoms with Gasteiger partial charge in [0.2, 0.25) is 5.90 Å². The summed E-state index contributed by atoms with van der Waals surface area (Å²) in [5.41, 5.74) is 0.0124. The van der Waals surface area contributed by atoms with E-state index < -0.39 is 17.5 Å². The summed E-state index contributed by atoms with van der Waals surface area (Å²) in [6, 6.07) is 8.83. The second kappa shape index (κ2) is 6.96. The maximum atomic E-state index is 13.7. The molecule has 1 aromatic heterocycles. The highest BCUT2D eigenvalue weighted by Crippen LogP contribution is 2.24. The number of nitrogens with zero attached hydrogens (tertiary/aromatic N) is 1. The molecule has 0 aliphatic carbocycles. The highest BCUT2D eigenvalue weighted by atomic mass is 32.2. The molecule has 1 aliphatic rings. The largest absolute Gasteiger partial charge is 0.461 e. The second-order valence-electron chi connectivity index (χ2n) is 4.69. The lowest BCUT2D eigenvalue weighted by molar-refractivity contribution is -0.129. The number of hydrogen-bond donors (Lipinski definition) is 0. The number of rotatable bonds is 5. The average molecular weight is 353 g/mol. The number of furan rings is 1. The van der Waals surface area contributed by atoms with E-state index in [2.05, 4.69) is 4.99 Å². The zero-order chi connectivity index (χ0) is 17.1. The number of carbonyl (C=O) groups excluding carboxylic acids is 1. The molecular formula is C16H10F3NO3S. The molecule has 1 aromatic carbocycles. The van der Waals surface area contributed by atoms with Gasteiger partial charge in [-0.1, -0.05) is 23.9 Å². The van der Waals surface area contributed by atoms with Crippen LogP contribution in [0.5, 0.6) is 0 Å². The van der Waals surface area contributed by atoms with Crippen LogP contribution in [-0.2, 0) is 15.3 Å². The van der Waals surface area contributed by atoms with E-state index in [0.717, 1.165) is 0 Å². The SMILES string of the molecule is O=C1OC(c2ccccc2F)=N/C1=C\c1ccc(CSC(F)F)o1. The Kier molecular flexibility index (Phi) is 4.75. The van der Waals surface area contributed by atoms with Crippen molar-refractivity contribution in [2.24, 2.45) is 4.99 Å². The third-order valence-corrected chi connectivity index (χ3v) is 3.74. The van der Waals surface area contributed by atoms with Crippen molar-refractivity contribution in [3.05, 3.63) is 65.0 Å². The zero-order valence-electron chi connectivity index (χ0n) is 12.0. The minimum absolute atomic E-state index is 0.00896. The van der Waals surface area contributed by atoms with Crippen LogP contribution in [0.15, 0.2) is 51.5 Å². The zero-order valence-corrected chi connectivity index (χ0v) is 12.9. The summed E-state index contributed by atoms with van der Waals surface area (Å²) in [5, 5.41) is 0. The summed E-state index contributed by atoms with van der Waals surface area (Å²) >= 11 is 0.432. The Morgan fingerprint density at radius 1 is 1.21 bits per heavy atom. The molecule has 0 spiro atoms. The fraction of sp³-hybridized carbons (Fsp3) is 0.125. The van der Waals surface area contributed by atoms with Crippen LogP contribution in [0.4, 0.5) is 13.2 Å². The molecule has 0 radical (unpaired) electrons. The van der Waals surface area contributed by atoms with Crippen LogP contribution in [0.25, 0.3) is 6.08 Å². The molecule has 0 bridgehead atoms. The number of alkyl halides is 2. The van der Waals surface area contributed by atoms with Crippen molar-refractivity contribution in [3.63, 3.8) is 0 Å². The molecule has 3 rings (SSSR count). The first-order valence-corrected chi connectivity index (χ1v) is 7.84. The minimum Gasteiger partial charge on any atom is -0.461 e. The van der Waals surface area contributed by atoms with E-state index in [9.17, 15) is 18.0 Å². The highest BCUT2D eigenvalue weighted by molar-refractivity contribution is 7.98. The molecule has 0 unspecified atom stereocenters. The van der Waals surface area contributed by atoms with E-state index >= 15 is 0 Å². The normalized spacial score (nSPS) is 15.9. The van der Waals surface area contributed by atoms with Crippen LogP contribution in [0.1, 0.15) is 17.1 Å². The van der Waals surface area contributed by atoms with Crippen molar-refractivity contribution >= 4 is 29.7 Å². The summed E-state index contributed by atoms with van der Waals surface area (Å²) < 4.78 is 48.3. The molecule has 0 atom stereocenters. The predicted octanol–water partition coefficient (Wildman–Crippen LogP) is 4.22. The summed E-state index contributed by atoms with van der Waals surface area (Å²) in [5.74, 6) is -3.31. The minimum atomic E-state index is -2.49. The van der Waals surface area contributed by atoms with Gasteiger partial charge in [-0.25, -0.2) is 14.2 Å². The van der Waals surface area contributed by atoms with Crippen molar-refractivity contribution in [2.45, 2.75) is 11.5 Å². The number of hydrogen-bond acceptors (Lipinski definition) is 5. The fourth-order valence-corrected chi connectivity index (χ4v) is 2.43. The van der Waals surface area contributed by atoms with Crippen LogP contribution in [-0.4, -0.2) is 17.6 Å². The predicted molar refractivity (Wildman–Crippen MR) is 83.0 cm³/mol. The van der Waals surface area contributed by atoms with Gasteiger partial charge in [-0.2, -0.15) is 8.78 Å². The summed E-state index contributed by atoms with van der Waals surface area (Å²) in [7, 11) is 0. The number of benzene rings is 1. The molecule has 0 amide bonds. The molecule has 4 nitrogen and oxygen atoms in total. The molecule has 0 saturated heterocycles. The van der Waals surface area contributed by atoms with Crippen LogP contribution in [0.2, 0.25) is 0 Å². The van der Waals surface area contributed by atoms with Crippen molar-refractivity contribution in [2.75, 3.05) is 0 Å². The molecule has 8 heteroatoms. The van der Waals surface area contributed by atoms with Crippen LogP contribution in [0, 0.1) is 5.82 Å². The van der Waals surface area contributed by atoms with E-state index in [4.69, 9.17) is 9.15 Å². The van der Waals surface area contributed by atoms with Gasteiger partial charge in [0.25, 0.3) is 5.76 Å². The van der Waals surface area contributed by atoms with Crippen LogP contribution in [0.3, 0.4) is 0 Å². The highest BCUT2D eigenvalue weighted by Gasteiger charge is 2.26. The van der Waals surface area contributed by atoms with E-state index in [1.54, 1.807) is 6.07 Å².